The van der Waals surface area contributed by atoms with Crippen LogP contribution in [0.5, 0.6) is 0 Å². The molecule has 18 heavy (non-hydrogen) atoms. The second-order valence-corrected chi connectivity index (χ2v) is 5.35. The first-order valence-corrected chi connectivity index (χ1v) is 6.53. The van der Waals surface area contributed by atoms with Crippen LogP contribution in [0.15, 0.2) is 0 Å². The molecular weight excluding hydrogens is 234 g/mol. The lowest BCUT2D eigenvalue weighted by atomic mass is 9.89. The molecule has 5 nitrogen and oxygen atoms in total. The van der Waals surface area contributed by atoms with E-state index < -0.39 is 11.5 Å². The van der Waals surface area contributed by atoms with Crippen LogP contribution in [0.3, 0.4) is 0 Å². The van der Waals surface area contributed by atoms with Crippen molar-refractivity contribution < 1.29 is 19.4 Å². The number of carbonyl (C=O) groups is 2. The van der Waals surface area contributed by atoms with Crippen LogP contribution in [0.25, 0.3) is 0 Å². The summed E-state index contributed by atoms with van der Waals surface area (Å²) in [5.74, 6) is -0.492. The van der Waals surface area contributed by atoms with Crippen LogP contribution in [0, 0.1) is 11.8 Å². The standard InChI is InChI=1S/C13H23NO4/c1-4-10(9(2)3)7-11(15)14-13(12(16)17)5-6-18-8-13/h9-10H,4-8H2,1-3H3,(H,14,15)(H,16,17). The van der Waals surface area contributed by atoms with Crippen molar-refractivity contribution in [1.29, 1.82) is 0 Å². The van der Waals surface area contributed by atoms with Crippen molar-refractivity contribution in [3.05, 3.63) is 0 Å². The van der Waals surface area contributed by atoms with Crippen molar-refractivity contribution in [1.82, 2.24) is 5.32 Å². The largest absolute Gasteiger partial charge is 0.479 e. The Labute approximate surface area is 108 Å². The van der Waals surface area contributed by atoms with Gasteiger partial charge in [-0.1, -0.05) is 27.2 Å². The number of carboxylic acid groups (broad SMARTS) is 1. The van der Waals surface area contributed by atoms with E-state index >= 15 is 0 Å². The topological polar surface area (TPSA) is 75.6 Å². The molecule has 5 heteroatoms. The number of aliphatic carboxylic acids is 1. The Kier molecular flexibility index (Phi) is 5.14. The third-order valence-corrected chi connectivity index (χ3v) is 3.72. The van der Waals surface area contributed by atoms with E-state index in [1.165, 1.54) is 0 Å². The molecule has 2 atom stereocenters. The summed E-state index contributed by atoms with van der Waals surface area (Å²) in [5, 5.41) is 11.9. The molecule has 104 valence electrons. The molecule has 0 bridgehead atoms. The molecule has 0 aromatic rings. The Hall–Kier alpha value is -1.10. The van der Waals surface area contributed by atoms with E-state index in [9.17, 15) is 14.7 Å². The Morgan fingerprint density at radius 2 is 2.11 bits per heavy atom. The molecule has 0 aromatic heterocycles. The summed E-state index contributed by atoms with van der Waals surface area (Å²) in [7, 11) is 0. The number of hydrogen-bond acceptors (Lipinski definition) is 3. The van der Waals surface area contributed by atoms with Crippen molar-refractivity contribution in [2.75, 3.05) is 13.2 Å². The lowest BCUT2D eigenvalue weighted by Gasteiger charge is -2.26. The summed E-state index contributed by atoms with van der Waals surface area (Å²) >= 11 is 0. The van der Waals surface area contributed by atoms with E-state index in [2.05, 4.69) is 19.2 Å². The number of carbonyl (C=O) groups excluding carboxylic acids is 1. The lowest BCUT2D eigenvalue weighted by Crippen LogP contribution is -2.55. The molecule has 1 amide bonds. The molecule has 2 unspecified atom stereocenters. The van der Waals surface area contributed by atoms with Gasteiger partial charge in [-0.25, -0.2) is 4.79 Å². The monoisotopic (exact) mass is 257 g/mol. The maximum atomic E-state index is 12.0. The number of amides is 1. The second-order valence-electron chi connectivity index (χ2n) is 5.35. The highest BCUT2D eigenvalue weighted by atomic mass is 16.5. The van der Waals surface area contributed by atoms with E-state index in [-0.39, 0.29) is 18.4 Å². The maximum absolute atomic E-state index is 12.0. The molecule has 2 N–H and O–H groups in total. The fraction of sp³-hybridized carbons (Fsp3) is 0.846. The molecule has 0 aliphatic carbocycles. The Morgan fingerprint density at radius 3 is 2.50 bits per heavy atom. The van der Waals surface area contributed by atoms with Crippen LogP contribution < -0.4 is 5.32 Å². The van der Waals surface area contributed by atoms with E-state index in [0.717, 1.165) is 6.42 Å². The minimum absolute atomic E-state index is 0.0620. The first-order valence-electron chi connectivity index (χ1n) is 6.53. The third kappa shape index (κ3) is 3.45. The predicted molar refractivity (Wildman–Crippen MR) is 67.2 cm³/mol. The Balaban J connectivity index is 2.60. The van der Waals surface area contributed by atoms with Gasteiger partial charge >= 0.3 is 5.97 Å². The van der Waals surface area contributed by atoms with Gasteiger partial charge < -0.3 is 15.2 Å². The van der Waals surface area contributed by atoms with Gasteiger partial charge in [-0.15, -0.1) is 0 Å². The van der Waals surface area contributed by atoms with Gasteiger partial charge in [0.1, 0.15) is 0 Å². The normalized spacial score (nSPS) is 25.1. The summed E-state index contributed by atoms with van der Waals surface area (Å²) in [5.41, 5.74) is -1.22. The molecule has 1 aliphatic rings. The van der Waals surface area contributed by atoms with E-state index in [0.29, 0.717) is 25.4 Å². The number of nitrogens with one attached hydrogen (secondary N) is 1. The van der Waals surface area contributed by atoms with Gasteiger partial charge in [-0.3, -0.25) is 4.79 Å². The summed E-state index contributed by atoms with van der Waals surface area (Å²) in [4.78, 5) is 23.2. The first kappa shape index (κ1) is 15.0. The summed E-state index contributed by atoms with van der Waals surface area (Å²) in [6, 6.07) is 0. The first-order chi connectivity index (χ1) is 8.41. The second kappa shape index (κ2) is 6.18. The Morgan fingerprint density at radius 1 is 1.44 bits per heavy atom. The van der Waals surface area contributed by atoms with Crippen LogP contribution in [-0.4, -0.2) is 35.7 Å². The molecule has 0 aromatic carbocycles. The number of ether oxygens (including phenoxy) is 1. The minimum atomic E-state index is -1.22. The van der Waals surface area contributed by atoms with Crippen LogP contribution >= 0.6 is 0 Å². The Bertz CT molecular complexity index is 308. The fourth-order valence-electron chi connectivity index (χ4n) is 2.29. The zero-order chi connectivity index (χ0) is 13.8. The quantitative estimate of drug-likeness (QED) is 0.754. The molecule has 0 saturated carbocycles. The number of hydrogen-bond donors (Lipinski definition) is 2. The molecule has 0 spiro atoms. The molecular formula is C13H23NO4. The maximum Gasteiger partial charge on any atom is 0.331 e. The van der Waals surface area contributed by atoms with Crippen LogP contribution in [0.2, 0.25) is 0 Å². The molecule has 1 heterocycles. The minimum Gasteiger partial charge on any atom is -0.479 e. The fourth-order valence-corrected chi connectivity index (χ4v) is 2.29. The third-order valence-electron chi connectivity index (χ3n) is 3.72. The highest BCUT2D eigenvalue weighted by Gasteiger charge is 2.44. The molecule has 1 saturated heterocycles. The molecule has 1 rings (SSSR count). The highest BCUT2D eigenvalue weighted by Crippen LogP contribution is 2.22. The van der Waals surface area contributed by atoms with Gasteiger partial charge in [0.25, 0.3) is 0 Å². The summed E-state index contributed by atoms with van der Waals surface area (Å²) in [6.07, 6.45) is 1.64. The summed E-state index contributed by atoms with van der Waals surface area (Å²) < 4.78 is 5.11. The van der Waals surface area contributed by atoms with Gasteiger partial charge in [-0.05, 0) is 11.8 Å². The van der Waals surface area contributed by atoms with Crippen LogP contribution in [-0.2, 0) is 14.3 Å². The van der Waals surface area contributed by atoms with Gasteiger partial charge in [-0.2, -0.15) is 0 Å². The van der Waals surface area contributed by atoms with Gasteiger partial charge in [0.2, 0.25) is 5.91 Å². The van der Waals surface area contributed by atoms with E-state index in [1.807, 2.05) is 6.92 Å². The van der Waals surface area contributed by atoms with Crippen molar-refractivity contribution in [3.8, 4) is 0 Å². The van der Waals surface area contributed by atoms with Gasteiger partial charge in [0, 0.05) is 19.4 Å². The summed E-state index contributed by atoms with van der Waals surface area (Å²) in [6.45, 7) is 6.64. The van der Waals surface area contributed by atoms with Crippen molar-refractivity contribution in [2.24, 2.45) is 11.8 Å². The van der Waals surface area contributed by atoms with Crippen LogP contribution in [0.4, 0.5) is 0 Å². The lowest BCUT2D eigenvalue weighted by molar-refractivity contribution is -0.147. The predicted octanol–water partition coefficient (Wildman–Crippen LogP) is 1.42. The smallest absolute Gasteiger partial charge is 0.331 e. The molecule has 0 radical (unpaired) electrons. The van der Waals surface area contributed by atoms with Gasteiger partial charge in [0.05, 0.1) is 6.61 Å². The zero-order valence-electron chi connectivity index (χ0n) is 11.4. The average molecular weight is 257 g/mol. The molecule has 1 fully saturated rings. The van der Waals surface area contributed by atoms with E-state index in [4.69, 9.17) is 4.74 Å². The van der Waals surface area contributed by atoms with Crippen molar-refractivity contribution in [3.63, 3.8) is 0 Å². The van der Waals surface area contributed by atoms with Gasteiger partial charge in [0.15, 0.2) is 5.54 Å². The number of carboxylic acids is 1. The zero-order valence-corrected chi connectivity index (χ0v) is 11.4. The number of rotatable bonds is 6. The van der Waals surface area contributed by atoms with E-state index in [1.54, 1.807) is 0 Å². The average Bonchev–Trinajstić information content (AvgIpc) is 2.75. The van der Waals surface area contributed by atoms with Crippen molar-refractivity contribution >= 4 is 11.9 Å². The SMILES string of the molecule is CCC(CC(=O)NC1(C(=O)O)CCOC1)C(C)C. The molecule has 1 aliphatic heterocycles. The highest BCUT2D eigenvalue weighted by molar-refractivity contribution is 5.87. The van der Waals surface area contributed by atoms with Crippen LogP contribution in [0.1, 0.15) is 40.0 Å². The van der Waals surface area contributed by atoms with Crippen molar-refractivity contribution in [2.45, 2.75) is 45.6 Å².